The molecular weight excluding hydrogens is 337 g/mol. The standard InChI is InChI=1S/C19H28NO4P/c1-5-23-25(21,24-6-2)19(13-15(3)17-9-10-17)20-14-16-7-11-18(22-4)12-8-16/h7-8,11-12,17,20H,5-6,9-10,14H2,1-4H3. The molecule has 0 spiro atoms. The Labute approximate surface area is 150 Å². The molecule has 0 radical (unpaired) electrons. The second-order valence-electron chi connectivity index (χ2n) is 5.97. The molecule has 1 saturated carbocycles. The van der Waals surface area contributed by atoms with Gasteiger partial charge in [0.15, 0.2) is 5.44 Å². The Bertz CT molecular complexity index is 663. The first-order valence-electron chi connectivity index (χ1n) is 8.76. The number of rotatable bonds is 10. The van der Waals surface area contributed by atoms with Crippen molar-refractivity contribution in [1.82, 2.24) is 5.32 Å². The van der Waals surface area contributed by atoms with E-state index in [1.165, 1.54) is 0 Å². The molecule has 0 unspecified atom stereocenters. The van der Waals surface area contributed by atoms with Crippen LogP contribution < -0.4 is 10.1 Å². The average molecular weight is 365 g/mol. The van der Waals surface area contributed by atoms with Crippen molar-refractivity contribution in [2.45, 2.75) is 40.2 Å². The highest BCUT2D eigenvalue weighted by Crippen LogP contribution is 2.54. The van der Waals surface area contributed by atoms with Crippen molar-refractivity contribution >= 4 is 7.60 Å². The predicted octanol–water partition coefficient (Wildman–Crippen LogP) is 4.85. The van der Waals surface area contributed by atoms with Gasteiger partial charge in [-0.1, -0.05) is 17.9 Å². The van der Waals surface area contributed by atoms with E-state index < -0.39 is 7.60 Å². The van der Waals surface area contributed by atoms with Crippen molar-refractivity contribution in [2.24, 2.45) is 5.92 Å². The summed E-state index contributed by atoms with van der Waals surface area (Å²) >= 11 is 0. The van der Waals surface area contributed by atoms with Gasteiger partial charge in [0.25, 0.3) is 0 Å². The normalized spacial score (nSPS) is 13.9. The fourth-order valence-corrected chi connectivity index (χ4v) is 4.05. The van der Waals surface area contributed by atoms with Crippen LogP contribution in [0.3, 0.4) is 0 Å². The minimum Gasteiger partial charge on any atom is -0.497 e. The number of hydrogen-bond acceptors (Lipinski definition) is 5. The lowest BCUT2D eigenvalue weighted by atomic mass is 10.2. The van der Waals surface area contributed by atoms with Crippen LogP contribution in [0.15, 0.2) is 41.0 Å². The summed E-state index contributed by atoms with van der Waals surface area (Å²) in [4.78, 5) is 0. The van der Waals surface area contributed by atoms with E-state index in [9.17, 15) is 4.57 Å². The van der Waals surface area contributed by atoms with Crippen LogP contribution in [-0.4, -0.2) is 20.3 Å². The molecule has 1 aromatic carbocycles. The Kier molecular flexibility index (Phi) is 7.34. The predicted molar refractivity (Wildman–Crippen MR) is 99.6 cm³/mol. The average Bonchev–Trinajstić information content (AvgIpc) is 3.44. The molecule has 6 heteroatoms. The molecule has 1 N–H and O–H groups in total. The molecule has 0 aromatic heterocycles. The molecule has 0 atom stereocenters. The molecule has 0 bridgehead atoms. The number of allylic oxidation sites excluding steroid dienone is 1. The van der Waals surface area contributed by atoms with Gasteiger partial charge >= 0.3 is 7.60 Å². The monoisotopic (exact) mass is 365 g/mol. The Hall–Kier alpha value is -1.51. The van der Waals surface area contributed by atoms with Crippen molar-refractivity contribution in [2.75, 3.05) is 20.3 Å². The summed E-state index contributed by atoms with van der Waals surface area (Å²) in [5.41, 5.74) is 5.82. The van der Waals surface area contributed by atoms with Gasteiger partial charge in [0, 0.05) is 6.54 Å². The lowest BCUT2D eigenvalue weighted by Gasteiger charge is -2.20. The smallest absolute Gasteiger partial charge is 0.385 e. The van der Waals surface area contributed by atoms with Gasteiger partial charge in [0.05, 0.1) is 20.3 Å². The van der Waals surface area contributed by atoms with Crippen LogP contribution in [-0.2, 0) is 20.2 Å². The zero-order valence-corrected chi connectivity index (χ0v) is 16.4. The molecule has 0 amide bonds. The number of ether oxygens (including phenoxy) is 1. The van der Waals surface area contributed by atoms with Gasteiger partial charge in [-0.15, -0.1) is 0 Å². The number of benzene rings is 1. The Balaban J connectivity index is 2.24. The maximum atomic E-state index is 13.2. The molecule has 0 aliphatic heterocycles. The maximum Gasteiger partial charge on any atom is 0.385 e. The van der Waals surface area contributed by atoms with Gasteiger partial charge in [0.2, 0.25) is 0 Å². The topological polar surface area (TPSA) is 56.8 Å². The summed E-state index contributed by atoms with van der Waals surface area (Å²) in [6.45, 7) is 6.78. The molecule has 1 aliphatic rings. The Morgan fingerprint density at radius 2 is 1.80 bits per heavy atom. The van der Waals surface area contributed by atoms with Crippen LogP contribution in [0.2, 0.25) is 0 Å². The van der Waals surface area contributed by atoms with E-state index in [4.69, 9.17) is 13.8 Å². The zero-order valence-electron chi connectivity index (χ0n) is 15.5. The summed E-state index contributed by atoms with van der Waals surface area (Å²) in [6.07, 6.45) is 2.33. The lowest BCUT2D eigenvalue weighted by molar-refractivity contribution is 0.224. The van der Waals surface area contributed by atoms with Crippen LogP contribution >= 0.6 is 7.60 Å². The van der Waals surface area contributed by atoms with E-state index in [-0.39, 0.29) is 0 Å². The second-order valence-corrected chi connectivity index (χ2v) is 7.92. The van der Waals surface area contributed by atoms with Crippen molar-refractivity contribution in [3.8, 4) is 5.75 Å². The van der Waals surface area contributed by atoms with Crippen LogP contribution in [0.4, 0.5) is 0 Å². The third-order valence-electron chi connectivity index (χ3n) is 4.00. The number of methoxy groups -OCH3 is 1. The molecule has 1 aromatic rings. The fourth-order valence-electron chi connectivity index (χ4n) is 2.45. The van der Waals surface area contributed by atoms with E-state index in [0.717, 1.165) is 29.7 Å². The maximum absolute atomic E-state index is 13.2. The van der Waals surface area contributed by atoms with E-state index >= 15 is 0 Å². The minimum absolute atomic E-state index is 0.315. The number of nitrogens with one attached hydrogen (secondary N) is 1. The van der Waals surface area contributed by atoms with Gasteiger partial charge in [-0.25, -0.2) is 0 Å². The van der Waals surface area contributed by atoms with Crippen LogP contribution in [0.25, 0.3) is 0 Å². The number of hydrogen-bond donors (Lipinski definition) is 1. The summed E-state index contributed by atoms with van der Waals surface area (Å²) in [5, 5.41) is 3.23. The fraction of sp³-hybridized carbons (Fsp3) is 0.526. The van der Waals surface area contributed by atoms with Crippen molar-refractivity contribution < 1.29 is 18.3 Å². The zero-order chi connectivity index (χ0) is 18.3. The molecular formula is C19H28NO4P. The third kappa shape index (κ3) is 5.76. The first kappa shape index (κ1) is 19.8. The summed E-state index contributed by atoms with van der Waals surface area (Å²) in [6, 6.07) is 7.73. The van der Waals surface area contributed by atoms with E-state index in [2.05, 4.69) is 11.0 Å². The highest BCUT2D eigenvalue weighted by atomic mass is 31.2. The van der Waals surface area contributed by atoms with E-state index in [1.54, 1.807) is 7.11 Å². The van der Waals surface area contributed by atoms with Gasteiger partial charge in [-0.3, -0.25) is 4.57 Å². The third-order valence-corrected chi connectivity index (χ3v) is 6.01. The van der Waals surface area contributed by atoms with Gasteiger partial charge in [-0.05, 0) is 62.8 Å². The van der Waals surface area contributed by atoms with Crippen LogP contribution in [0.1, 0.15) is 39.2 Å². The molecule has 1 fully saturated rings. The minimum atomic E-state index is -3.40. The highest BCUT2D eigenvalue weighted by molar-refractivity contribution is 7.58. The molecule has 2 rings (SSSR count). The highest BCUT2D eigenvalue weighted by Gasteiger charge is 2.31. The summed E-state index contributed by atoms with van der Waals surface area (Å²) in [5.74, 6) is 1.34. The SMILES string of the molecule is CCOP(=O)(OCC)C(=C=C(C)C1CC1)NCc1ccc(OC)cc1. The molecule has 5 nitrogen and oxygen atoms in total. The van der Waals surface area contributed by atoms with Crippen molar-refractivity contribution in [1.29, 1.82) is 0 Å². The first-order valence-corrected chi connectivity index (χ1v) is 10.3. The molecule has 0 heterocycles. The first-order chi connectivity index (χ1) is 12.0. The molecule has 0 saturated heterocycles. The van der Waals surface area contributed by atoms with Crippen LogP contribution in [0.5, 0.6) is 5.75 Å². The van der Waals surface area contributed by atoms with Gasteiger partial charge in [-0.2, -0.15) is 0 Å². The van der Waals surface area contributed by atoms with E-state index in [0.29, 0.717) is 31.1 Å². The summed E-state index contributed by atoms with van der Waals surface area (Å²) < 4.78 is 29.3. The van der Waals surface area contributed by atoms with Crippen LogP contribution in [0, 0.1) is 5.92 Å². The Morgan fingerprint density at radius 3 is 2.28 bits per heavy atom. The molecule has 25 heavy (non-hydrogen) atoms. The Morgan fingerprint density at radius 1 is 1.20 bits per heavy atom. The largest absolute Gasteiger partial charge is 0.497 e. The molecule has 138 valence electrons. The second kappa shape index (κ2) is 9.26. The van der Waals surface area contributed by atoms with Gasteiger partial charge < -0.3 is 19.1 Å². The van der Waals surface area contributed by atoms with Crippen molar-refractivity contribution in [3.05, 3.63) is 46.6 Å². The molecule has 1 aliphatic carbocycles. The quantitative estimate of drug-likeness (QED) is 0.475. The van der Waals surface area contributed by atoms with Gasteiger partial charge in [0.1, 0.15) is 5.75 Å². The lowest BCUT2D eigenvalue weighted by Crippen LogP contribution is -2.15. The summed E-state index contributed by atoms with van der Waals surface area (Å²) in [7, 11) is -1.76. The van der Waals surface area contributed by atoms with E-state index in [1.807, 2.05) is 45.0 Å². The van der Waals surface area contributed by atoms with Crippen molar-refractivity contribution in [3.63, 3.8) is 0 Å².